The number of sulfonamides is 1. The van der Waals surface area contributed by atoms with Gasteiger partial charge in [0.15, 0.2) is 6.79 Å². The van der Waals surface area contributed by atoms with E-state index >= 15 is 0 Å². The van der Waals surface area contributed by atoms with Crippen LogP contribution in [0.3, 0.4) is 0 Å². The topological polar surface area (TPSA) is 77.5 Å². The minimum Gasteiger partial charge on any atom is -0.466 e. The fourth-order valence-corrected chi connectivity index (χ4v) is 3.42. The minimum atomic E-state index is -3.90. The van der Waals surface area contributed by atoms with Crippen LogP contribution in [-0.4, -0.2) is 27.3 Å². The standard InChI is InChI=1S/C14H14BrClN2O4S/c1-9-5-11(7-17-14(9)15)18-23(19,20)13-6-10(16)3-4-12(13)22-8-21-2/h3-7,18H,8H2,1-2H3. The molecule has 124 valence electrons. The lowest BCUT2D eigenvalue weighted by Gasteiger charge is -2.13. The minimum absolute atomic E-state index is 0.0803. The molecule has 6 nitrogen and oxygen atoms in total. The molecular formula is C14H14BrClN2O4S. The van der Waals surface area contributed by atoms with Gasteiger partial charge in [-0.1, -0.05) is 11.6 Å². The molecule has 0 atom stereocenters. The third kappa shape index (κ3) is 4.57. The molecule has 0 aliphatic carbocycles. The number of anilines is 1. The zero-order valence-electron chi connectivity index (χ0n) is 12.3. The molecule has 0 amide bonds. The molecule has 9 heteroatoms. The quantitative estimate of drug-likeness (QED) is 0.570. The summed E-state index contributed by atoms with van der Waals surface area (Å²) in [6, 6.07) is 5.99. The molecule has 2 aromatic rings. The predicted octanol–water partition coefficient (Wildman–Crippen LogP) is 3.59. The number of rotatable bonds is 6. The zero-order chi connectivity index (χ0) is 17.0. The normalized spacial score (nSPS) is 11.3. The molecule has 0 unspecified atom stereocenters. The fourth-order valence-electron chi connectivity index (χ4n) is 1.76. The highest BCUT2D eigenvalue weighted by molar-refractivity contribution is 9.10. The van der Waals surface area contributed by atoms with Crippen molar-refractivity contribution in [2.75, 3.05) is 18.6 Å². The maximum Gasteiger partial charge on any atom is 0.265 e. The van der Waals surface area contributed by atoms with Gasteiger partial charge in [0.2, 0.25) is 0 Å². The summed E-state index contributed by atoms with van der Waals surface area (Å²) in [6.07, 6.45) is 1.41. The van der Waals surface area contributed by atoms with Crippen LogP contribution >= 0.6 is 27.5 Å². The molecule has 0 bridgehead atoms. The summed E-state index contributed by atoms with van der Waals surface area (Å²) in [5, 5.41) is 0.278. The van der Waals surface area contributed by atoms with Gasteiger partial charge in [-0.15, -0.1) is 0 Å². The van der Waals surface area contributed by atoms with Gasteiger partial charge in [0.1, 0.15) is 15.2 Å². The Morgan fingerprint density at radius 2 is 2.09 bits per heavy atom. The number of methoxy groups -OCH3 is 1. The Morgan fingerprint density at radius 1 is 1.35 bits per heavy atom. The molecule has 23 heavy (non-hydrogen) atoms. The van der Waals surface area contributed by atoms with Gasteiger partial charge in [0.25, 0.3) is 10.0 Å². The number of hydrogen-bond donors (Lipinski definition) is 1. The van der Waals surface area contributed by atoms with E-state index in [1.807, 2.05) is 0 Å². The van der Waals surface area contributed by atoms with Crippen molar-refractivity contribution < 1.29 is 17.9 Å². The third-order valence-corrected chi connectivity index (χ3v) is 5.26. The Balaban J connectivity index is 2.38. The SMILES string of the molecule is COCOc1ccc(Cl)cc1S(=O)(=O)Nc1cnc(Br)c(C)c1. The summed E-state index contributed by atoms with van der Waals surface area (Å²) in [7, 11) is -2.45. The maximum absolute atomic E-state index is 12.6. The molecule has 0 aliphatic heterocycles. The van der Waals surface area contributed by atoms with Crippen molar-refractivity contribution in [1.29, 1.82) is 0 Å². The van der Waals surface area contributed by atoms with Crippen LogP contribution in [0.5, 0.6) is 5.75 Å². The number of halogens is 2. The summed E-state index contributed by atoms with van der Waals surface area (Å²) < 4.78 is 38.4. The first-order valence-corrected chi connectivity index (χ1v) is 9.05. The predicted molar refractivity (Wildman–Crippen MR) is 91.4 cm³/mol. The van der Waals surface area contributed by atoms with Gasteiger partial charge in [0.05, 0.1) is 11.9 Å². The highest BCUT2D eigenvalue weighted by atomic mass is 79.9. The molecule has 0 fully saturated rings. The van der Waals surface area contributed by atoms with E-state index < -0.39 is 10.0 Å². The Hall–Kier alpha value is -1.35. The largest absolute Gasteiger partial charge is 0.466 e. The molecule has 0 spiro atoms. The Kier molecular flexibility index (Phi) is 5.85. The maximum atomic E-state index is 12.6. The lowest BCUT2D eigenvalue weighted by atomic mass is 10.3. The van der Waals surface area contributed by atoms with Crippen LogP contribution in [0.2, 0.25) is 5.02 Å². The molecule has 0 radical (unpaired) electrons. The average Bonchev–Trinajstić information content (AvgIpc) is 2.49. The van der Waals surface area contributed by atoms with Gasteiger partial charge in [-0.3, -0.25) is 4.72 Å². The zero-order valence-corrected chi connectivity index (χ0v) is 15.5. The van der Waals surface area contributed by atoms with E-state index in [1.54, 1.807) is 13.0 Å². The molecule has 0 aliphatic rings. The first kappa shape index (κ1) is 18.0. The van der Waals surface area contributed by atoms with Crippen molar-refractivity contribution in [2.45, 2.75) is 11.8 Å². The number of ether oxygens (including phenoxy) is 2. The number of nitrogens with one attached hydrogen (secondary N) is 1. The molecule has 1 N–H and O–H groups in total. The van der Waals surface area contributed by atoms with Crippen molar-refractivity contribution >= 4 is 43.2 Å². The van der Waals surface area contributed by atoms with Crippen LogP contribution in [-0.2, 0) is 14.8 Å². The van der Waals surface area contributed by atoms with Crippen LogP contribution in [0.15, 0.2) is 40.0 Å². The first-order valence-electron chi connectivity index (χ1n) is 6.40. The van der Waals surface area contributed by atoms with Crippen LogP contribution in [0, 0.1) is 6.92 Å². The molecule has 1 aromatic heterocycles. The van der Waals surface area contributed by atoms with E-state index in [9.17, 15) is 8.42 Å². The molecule has 1 aromatic carbocycles. The Bertz CT molecular complexity index is 814. The monoisotopic (exact) mass is 420 g/mol. The van der Waals surface area contributed by atoms with Crippen LogP contribution in [0.4, 0.5) is 5.69 Å². The van der Waals surface area contributed by atoms with Gasteiger partial charge in [0, 0.05) is 12.1 Å². The van der Waals surface area contributed by atoms with Crippen molar-refractivity contribution in [3.8, 4) is 5.75 Å². The van der Waals surface area contributed by atoms with Crippen molar-refractivity contribution in [2.24, 2.45) is 0 Å². The lowest BCUT2D eigenvalue weighted by molar-refractivity contribution is 0.0490. The lowest BCUT2D eigenvalue weighted by Crippen LogP contribution is -2.15. The van der Waals surface area contributed by atoms with Gasteiger partial charge in [-0.25, -0.2) is 13.4 Å². The highest BCUT2D eigenvalue weighted by Crippen LogP contribution is 2.29. The molecular weight excluding hydrogens is 408 g/mol. The third-order valence-electron chi connectivity index (χ3n) is 2.79. The fraction of sp³-hybridized carbons (Fsp3) is 0.214. The second kappa shape index (κ2) is 7.48. The number of nitrogens with zero attached hydrogens (tertiary/aromatic N) is 1. The summed E-state index contributed by atoms with van der Waals surface area (Å²) in [5.41, 5.74) is 1.13. The van der Waals surface area contributed by atoms with Crippen LogP contribution < -0.4 is 9.46 Å². The summed E-state index contributed by atoms with van der Waals surface area (Å²) >= 11 is 9.17. The smallest absolute Gasteiger partial charge is 0.265 e. The van der Waals surface area contributed by atoms with E-state index in [0.717, 1.165) is 5.56 Å². The van der Waals surface area contributed by atoms with Crippen LogP contribution in [0.25, 0.3) is 0 Å². The van der Waals surface area contributed by atoms with Crippen LogP contribution in [0.1, 0.15) is 5.56 Å². The van der Waals surface area contributed by atoms with Gasteiger partial charge < -0.3 is 9.47 Å². The second-order valence-electron chi connectivity index (χ2n) is 4.58. The highest BCUT2D eigenvalue weighted by Gasteiger charge is 2.21. The van der Waals surface area contributed by atoms with E-state index in [2.05, 4.69) is 25.6 Å². The van der Waals surface area contributed by atoms with Gasteiger partial charge in [-0.05, 0) is 52.7 Å². The number of aromatic nitrogens is 1. The van der Waals surface area contributed by atoms with E-state index in [4.69, 9.17) is 21.1 Å². The van der Waals surface area contributed by atoms with Crippen molar-refractivity contribution in [3.63, 3.8) is 0 Å². The summed E-state index contributed by atoms with van der Waals surface area (Å²) in [4.78, 5) is 3.98. The molecule has 0 saturated carbocycles. The first-order chi connectivity index (χ1) is 10.8. The van der Waals surface area contributed by atoms with E-state index in [1.165, 1.54) is 31.5 Å². The van der Waals surface area contributed by atoms with Gasteiger partial charge in [-0.2, -0.15) is 0 Å². The molecule has 1 heterocycles. The van der Waals surface area contributed by atoms with Crippen molar-refractivity contribution in [1.82, 2.24) is 4.98 Å². The van der Waals surface area contributed by atoms with Crippen molar-refractivity contribution in [3.05, 3.63) is 45.7 Å². The molecule has 2 rings (SSSR count). The van der Waals surface area contributed by atoms with Gasteiger partial charge >= 0.3 is 0 Å². The number of benzene rings is 1. The summed E-state index contributed by atoms with van der Waals surface area (Å²) in [5.74, 6) is 0.144. The number of pyridine rings is 1. The summed E-state index contributed by atoms with van der Waals surface area (Å²) in [6.45, 7) is 1.73. The average molecular weight is 422 g/mol. The van der Waals surface area contributed by atoms with E-state index in [0.29, 0.717) is 10.3 Å². The second-order valence-corrected chi connectivity index (χ2v) is 7.42. The Labute approximate surface area is 148 Å². The van der Waals surface area contributed by atoms with E-state index in [-0.39, 0.29) is 22.5 Å². The molecule has 0 saturated heterocycles. The Morgan fingerprint density at radius 3 is 2.74 bits per heavy atom. The number of aryl methyl sites for hydroxylation is 1. The number of hydrogen-bond acceptors (Lipinski definition) is 5.